The van der Waals surface area contributed by atoms with Crippen molar-refractivity contribution in [3.05, 3.63) is 63.6 Å². The second kappa shape index (κ2) is 9.91. The first kappa shape index (κ1) is 22.1. The zero-order valence-corrected chi connectivity index (χ0v) is 19.1. The molecule has 0 aliphatic rings. The van der Waals surface area contributed by atoms with Crippen LogP contribution in [0.25, 0.3) is 10.4 Å². The predicted molar refractivity (Wildman–Crippen MR) is 121 cm³/mol. The molecule has 9 heteroatoms. The summed E-state index contributed by atoms with van der Waals surface area (Å²) in [4.78, 5) is 24.4. The molecule has 3 aromatic rings. The van der Waals surface area contributed by atoms with E-state index in [-0.39, 0.29) is 32.9 Å². The highest BCUT2D eigenvalue weighted by atomic mass is 35.5. The summed E-state index contributed by atoms with van der Waals surface area (Å²) >= 11 is 13.8. The molecule has 4 nitrogen and oxygen atoms in total. The monoisotopic (exact) mass is 485 g/mol. The van der Waals surface area contributed by atoms with Crippen LogP contribution in [-0.2, 0) is 4.79 Å². The fourth-order valence-electron chi connectivity index (χ4n) is 2.45. The van der Waals surface area contributed by atoms with E-state index in [0.29, 0.717) is 0 Å². The number of rotatable bonds is 8. The second-order valence-corrected chi connectivity index (χ2v) is 10.2. The van der Waals surface area contributed by atoms with Crippen molar-refractivity contribution < 1.29 is 19.4 Å². The first-order chi connectivity index (χ1) is 13.8. The summed E-state index contributed by atoms with van der Waals surface area (Å²) in [7, 11) is 3.30. The molecule has 0 aliphatic carbocycles. The SMILES string of the molecule is Cc1cccc(-c2cc(SCC(=O)c3ccc(OCC(=O)O)c(Cl)c3Cl)[s+]s2)c1. The molecule has 150 valence electrons. The van der Waals surface area contributed by atoms with E-state index in [9.17, 15) is 9.59 Å². The third kappa shape index (κ3) is 5.71. The van der Waals surface area contributed by atoms with Crippen molar-refractivity contribution in [3.8, 4) is 16.2 Å². The number of thioether (sulfide) groups is 1. The van der Waals surface area contributed by atoms with E-state index in [0.717, 1.165) is 14.6 Å². The van der Waals surface area contributed by atoms with Gasteiger partial charge in [0.05, 0.1) is 15.7 Å². The van der Waals surface area contributed by atoms with Gasteiger partial charge in [-0.1, -0.05) is 64.8 Å². The largest absolute Gasteiger partial charge is 0.480 e. The molecule has 0 radical (unpaired) electrons. The Morgan fingerprint density at radius 1 is 1.17 bits per heavy atom. The van der Waals surface area contributed by atoms with Crippen molar-refractivity contribution in [1.82, 2.24) is 0 Å². The van der Waals surface area contributed by atoms with Crippen LogP contribution < -0.4 is 4.74 Å². The van der Waals surface area contributed by atoms with Gasteiger partial charge in [-0.2, -0.15) is 0 Å². The number of carbonyl (C=O) groups is 2. The number of ketones is 1. The number of hydrogen-bond acceptors (Lipinski definition) is 5. The smallest absolute Gasteiger partial charge is 0.341 e. The fourth-order valence-corrected chi connectivity index (χ4v) is 6.64. The number of hydrogen-bond donors (Lipinski definition) is 1. The van der Waals surface area contributed by atoms with E-state index in [1.54, 1.807) is 20.7 Å². The van der Waals surface area contributed by atoms with Crippen molar-refractivity contribution in [1.29, 1.82) is 0 Å². The Morgan fingerprint density at radius 3 is 2.69 bits per heavy atom. The maximum Gasteiger partial charge on any atom is 0.341 e. The molecule has 3 rings (SSSR count). The van der Waals surface area contributed by atoms with Gasteiger partial charge in [-0.3, -0.25) is 4.79 Å². The molecule has 1 heterocycles. The summed E-state index contributed by atoms with van der Waals surface area (Å²) in [6.45, 7) is 1.52. The lowest BCUT2D eigenvalue weighted by Crippen LogP contribution is -2.10. The third-order valence-electron chi connectivity index (χ3n) is 3.81. The van der Waals surface area contributed by atoms with Gasteiger partial charge in [0.15, 0.2) is 22.7 Å². The van der Waals surface area contributed by atoms with Gasteiger partial charge in [-0.05, 0) is 24.6 Å². The maximum absolute atomic E-state index is 12.6. The van der Waals surface area contributed by atoms with Gasteiger partial charge in [0.2, 0.25) is 0 Å². The molecule has 0 aliphatic heterocycles. The molecule has 0 unspecified atom stereocenters. The van der Waals surface area contributed by atoms with Crippen molar-refractivity contribution >= 4 is 67.4 Å². The Labute approximate surface area is 189 Å². The van der Waals surface area contributed by atoms with Crippen LogP contribution in [0.15, 0.2) is 46.7 Å². The van der Waals surface area contributed by atoms with Crippen LogP contribution in [-0.4, -0.2) is 29.2 Å². The lowest BCUT2D eigenvalue weighted by Gasteiger charge is -2.09. The Hall–Kier alpha value is -1.64. The highest BCUT2D eigenvalue weighted by molar-refractivity contribution is 8.03. The van der Waals surface area contributed by atoms with Crippen molar-refractivity contribution in [2.75, 3.05) is 12.4 Å². The van der Waals surface area contributed by atoms with Crippen molar-refractivity contribution in [2.45, 2.75) is 11.1 Å². The van der Waals surface area contributed by atoms with Crippen LogP contribution in [0.1, 0.15) is 15.9 Å². The van der Waals surface area contributed by atoms with E-state index >= 15 is 0 Å². The van der Waals surface area contributed by atoms with Gasteiger partial charge in [0.1, 0.15) is 10.8 Å². The number of aryl methyl sites for hydroxylation is 1. The number of Topliss-reactive ketones (excluding diaryl/α,β-unsaturated/α-hetero) is 1. The van der Waals surface area contributed by atoms with Crippen LogP contribution in [0.4, 0.5) is 0 Å². The normalized spacial score (nSPS) is 10.7. The minimum Gasteiger partial charge on any atom is -0.480 e. The van der Waals surface area contributed by atoms with E-state index in [1.807, 2.05) is 6.07 Å². The van der Waals surface area contributed by atoms with Crippen LogP contribution in [0, 0.1) is 6.92 Å². The van der Waals surface area contributed by atoms with Crippen LogP contribution in [0.2, 0.25) is 10.0 Å². The molecule has 29 heavy (non-hydrogen) atoms. The highest BCUT2D eigenvalue weighted by Crippen LogP contribution is 2.39. The average molecular weight is 486 g/mol. The lowest BCUT2D eigenvalue weighted by molar-refractivity contribution is -0.139. The molecule has 0 amide bonds. The quantitative estimate of drug-likeness (QED) is 0.164. The summed E-state index contributed by atoms with van der Waals surface area (Å²) in [5.74, 6) is -0.949. The molecule has 0 saturated carbocycles. The summed E-state index contributed by atoms with van der Waals surface area (Å²) in [5.41, 5.74) is 2.65. The van der Waals surface area contributed by atoms with Crippen LogP contribution >= 0.6 is 55.6 Å². The van der Waals surface area contributed by atoms with E-state index in [2.05, 4.69) is 31.2 Å². The van der Waals surface area contributed by atoms with Crippen LogP contribution in [0.5, 0.6) is 5.75 Å². The first-order valence-corrected chi connectivity index (χ1v) is 12.2. The number of carbonyl (C=O) groups excluding carboxylic acids is 1. The number of benzene rings is 2. The zero-order valence-electron chi connectivity index (χ0n) is 15.1. The zero-order chi connectivity index (χ0) is 21.0. The van der Waals surface area contributed by atoms with Gasteiger partial charge < -0.3 is 9.84 Å². The summed E-state index contributed by atoms with van der Waals surface area (Å²) in [5, 5.41) is 8.78. The molecule has 0 atom stereocenters. The Balaban J connectivity index is 1.67. The summed E-state index contributed by atoms with van der Waals surface area (Å²) in [6, 6.07) is 13.3. The maximum atomic E-state index is 12.6. The van der Waals surface area contributed by atoms with Gasteiger partial charge in [0.25, 0.3) is 4.21 Å². The first-order valence-electron chi connectivity index (χ1n) is 8.34. The Morgan fingerprint density at radius 2 is 1.97 bits per heavy atom. The number of aliphatic carboxylic acids is 1. The number of carboxylic acid groups (broad SMARTS) is 1. The Bertz CT molecular complexity index is 1070. The fraction of sp³-hybridized carbons (Fsp3) is 0.150. The molecule has 1 N–H and O–H groups in total. The number of carboxylic acids is 1. The minimum absolute atomic E-state index is 0.0313. The van der Waals surface area contributed by atoms with Crippen molar-refractivity contribution in [2.24, 2.45) is 0 Å². The van der Waals surface area contributed by atoms with Gasteiger partial charge in [-0.25, -0.2) is 4.79 Å². The minimum atomic E-state index is -1.13. The van der Waals surface area contributed by atoms with Gasteiger partial charge in [0, 0.05) is 11.6 Å². The van der Waals surface area contributed by atoms with E-state index in [1.165, 1.54) is 29.5 Å². The molecule has 2 aromatic carbocycles. The van der Waals surface area contributed by atoms with E-state index < -0.39 is 12.6 Å². The van der Waals surface area contributed by atoms with Gasteiger partial charge >= 0.3 is 16.3 Å². The van der Waals surface area contributed by atoms with Crippen molar-refractivity contribution in [3.63, 3.8) is 0 Å². The molecule has 0 spiro atoms. The summed E-state index contributed by atoms with van der Waals surface area (Å²) in [6.07, 6.45) is 0. The third-order valence-corrected chi connectivity index (χ3v) is 8.63. The highest BCUT2D eigenvalue weighted by Gasteiger charge is 2.21. The number of ether oxygens (including phenoxy) is 1. The standard InChI is InChI=1S/C20H14Cl2O4S3/c1-11-3-2-4-12(7-11)16-8-18(29-28-16)27-10-14(23)13-5-6-15(20(22)19(13)21)26-9-17(24)25/h2-8H,9-10H2,1H3/p+1. The van der Waals surface area contributed by atoms with Gasteiger partial charge in [-0.15, -0.1) is 0 Å². The van der Waals surface area contributed by atoms with Crippen LogP contribution in [0.3, 0.4) is 0 Å². The molecule has 1 aromatic heterocycles. The molecule has 0 saturated heterocycles. The summed E-state index contributed by atoms with van der Waals surface area (Å²) < 4.78 is 6.11. The molecular formula is C20H15Cl2O4S3+. The lowest BCUT2D eigenvalue weighted by atomic mass is 10.1. The number of halogens is 2. The second-order valence-electron chi connectivity index (χ2n) is 6.00. The molecule has 0 fully saturated rings. The predicted octanol–water partition coefficient (Wildman–Crippen LogP) is 6.81. The molecule has 0 bridgehead atoms. The Kier molecular flexibility index (Phi) is 7.54. The molecular weight excluding hydrogens is 471 g/mol. The average Bonchev–Trinajstić information content (AvgIpc) is 3.16. The topological polar surface area (TPSA) is 63.6 Å². The van der Waals surface area contributed by atoms with E-state index in [4.69, 9.17) is 33.0 Å².